The number of fused-ring (bicyclic) bond motifs is 1. The number of hydrogen-bond donors (Lipinski definition) is 2. The molecule has 164 valence electrons. The molecule has 0 aliphatic carbocycles. The molecule has 0 spiro atoms. The number of benzene rings is 2. The molecule has 0 fully saturated rings. The molecule has 5 rings (SSSR count). The van der Waals surface area contributed by atoms with Gasteiger partial charge in [-0.3, -0.25) is 9.59 Å². The Bertz CT molecular complexity index is 1500. The molecule has 7 nitrogen and oxygen atoms in total. The van der Waals surface area contributed by atoms with E-state index in [2.05, 4.69) is 20.4 Å². The molecule has 2 N–H and O–H groups in total. The first-order chi connectivity index (χ1) is 16.1. The molecule has 3 aromatic heterocycles. The highest BCUT2D eigenvalue weighted by molar-refractivity contribution is 7.18. The van der Waals surface area contributed by atoms with E-state index in [-0.39, 0.29) is 24.6 Å². The lowest BCUT2D eigenvalue weighted by Crippen LogP contribution is -2.31. The average molecular weight is 456 g/mol. The number of nitrogens with one attached hydrogen (secondary N) is 2. The second kappa shape index (κ2) is 8.84. The zero-order chi connectivity index (χ0) is 22.8. The number of para-hydroxylation sites is 1. The largest absolute Gasteiger partial charge is 0.360 e. The molecular weight excluding hydrogens is 434 g/mol. The summed E-state index contributed by atoms with van der Waals surface area (Å²) in [5.74, 6) is -0.192. The van der Waals surface area contributed by atoms with Crippen LogP contribution in [0.25, 0.3) is 32.0 Å². The summed E-state index contributed by atoms with van der Waals surface area (Å²) in [7, 11) is 0. The van der Waals surface area contributed by atoms with Crippen LogP contribution in [0.15, 0.2) is 77.7 Å². The second-order valence-corrected chi connectivity index (χ2v) is 8.58. The first-order valence-electron chi connectivity index (χ1n) is 10.6. The summed E-state index contributed by atoms with van der Waals surface area (Å²) in [6.07, 6.45) is 1.70. The van der Waals surface area contributed by atoms with E-state index in [9.17, 15) is 9.59 Å². The van der Waals surface area contributed by atoms with Gasteiger partial charge in [0.1, 0.15) is 10.7 Å². The van der Waals surface area contributed by atoms with Crippen LogP contribution in [0.1, 0.15) is 16.1 Å². The topological polar surface area (TPSA) is 92.7 Å². The van der Waals surface area contributed by atoms with Crippen LogP contribution in [0.2, 0.25) is 0 Å². The minimum Gasteiger partial charge on any atom is -0.360 e. The van der Waals surface area contributed by atoms with Crippen molar-refractivity contribution in [3.8, 4) is 21.1 Å². The van der Waals surface area contributed by atoms with Crippen LogP contribution in [-0.2, 0) is 6.54 Å². The van der Waals surface area contributed by atoms with E-state index in [4.69, 9.17) is 0 Å². The normalized spacial score (nSPS) is 11.1. The molecule has 0 saturated heterocycles. The van der Waals surface area contributed by atoms with Crippen molar-refractivity contribution in [3.63, 3.8) is 0 Å². The molecule has 3 heterocycles. The van der Waals surface area contributed by atoms with E-state index >= 15 is 0 Å². The molecule has 0 aliphatic heterocycles. The van der Waals surface area contributed by atoms with Gasteiger partial charge in [0.25, 0.3) is 11.5 Å². The molecule has 0 aliphatic rings. The lowest BCUT2D eigenvalue weighted by atomic mass is 10.1. The number of carbonyl (C=O) groups excluding carboxylic acids is 1. The molecule has 1 amide bonds. The predicted octanol–water partition coefficient (Wildman–Crippen LogP) is 4.25. The average Bonchev–Trinajstić information content (AvgIpc) is 3.45. The van der Waals surface area contributed by atoms with Crippen LogP contribution in [0, 0.1) is 6.92 Å². The van der Waals surface area contributed by atoms with E-state index in [0.717, 1.165) is 32.0 Å². The first kappa shape index (κ1) is 20.8. The summed E-state index contributed by atoms with van der Waals surface area (Å²) < 4.78 is 1.38. The number of nitrogens with zero attached hydrogens (tertiary/aromatic N) is 3. The Morgan fingerprint density at radius 1 is 1.06 bits per heavy atom. The number of H-pyrrole nitrogens is 1. The fourth-order valence-corrected chi connectivity index (χ4v) is 4.74. The van der Waals surface area contributed by atoms with Crippen LogP contribution >= 0.6 is 11.3 Å². The molecule has 0 bridgehead atoms. The van der Waals surface area contributed by atoms with Gasteiger partial charge in [-0.2, -0.15) is 5.10 Å². The highest BCUT2D eigenvalue weighted by atomic mass is 32.1. The SMILES string of the molecule is Cc1nc(-c2ccccc2)sc1-c1ccc(=O)n(CCNC(=O)c2c[nH]c3ccccc23)n1. The van der Waals surface area contributed by atoms with Gasteiger partial charge in [0.05, 0.1) is 22.7 Å². The highest BCUT2D eigenvalue weighted by Crippen LogP contribution is 2.33. The van der Waals surface area contributed by atoms with Crippen molar-refractivity contribution in [1.82, 2.24) is 25.1 Å². The van der Waals surface area contributed by atoms with Crippen molar-refractivity contribution in [2.75, 3.05) is 6.54 Å². The summed E-state index contributed by atoms with van der Waals surface area (Å²) >= 11 is 1.55. The molecule has 2 aromatic carbocycles. The van der Waals surface area contributed by atoms with Crippen LogP contribution in [0.3, 0.4) is 0 Å². The zero-order valence-electron chi connectivity index (χ0n) is 17.9. The highest BCUT2D eigenvalue weighted by Gasteiger charge is 2.14. The van der Waals surface area contributed by atoms with Crippen LogP contribution in [0.4, 0.5) is 0 Å². The Balaban J connectivity index is 1.32. The van der Waals surface area contributed by atoms with Gasteiger partial charge in [-0.15, -0.1) is 11.3 Å². The minimum atomic E-state index is -0.217. The van der Waals surface area contributed by atoms with Crippen LogP contribution in [0.5, 0.6) is 0 Å². The van der Waals surface area contributed by atoms with Gasteiger partial charge in [0.2, 0.25) is 0 Å². The van der Waals surface area contributed by atoms with Gasteiger partial charge in [-0.25, -0.2) is 9.67 Å². The van der Waals surface area contributed by atoms with Crippen molar-refractivity contribution >= 4 is 28.1 Å². The summed E-state index contributed by atoms with van der Waals surface area (Å²) in [5.41, 5.74) is 3.87. The molecule has 0 unspecified atom stereocenters. The fourth-order valence-electron chi connectivity index (χ4n) is 3.70. The number of thiazole rings is 1. The third-order valence-electron chi connectivity index (χ3n) is 5.36. The number of aromatic amines is 1. The van der Waals surface area contributed by atoms with E-state index in [1.165, 1.54) is 10.7 Å². The van der Waals surface area contributed by atoms with Crippen molar-refractivity contribution in [2.45, 2.75) is 13.5 Å². The van der Waals surface area contributed by atoms with Gasteiger partial charge in [0.15, 0.2) is 0 Å². The van der Waals surface area contributed by atoms with Crippen molar-refractivity contribution in [2.24, 2.45) is 0 Å². The molecule has 5 aromatic rings. The van der Waals surface area contributed by atoms with Crippen molar-refractivity contribution in [1.29, 1.82) is 0 Å². The summed E-state index contributed by atoms with van der Waals surface area (Å²) in [6.45, 7) is 2.49. The number of rotatable bonds is 6. The van der Waals surface area contributed by atoms with Crippen LogP contribution < -0.4 is 10.9 Å². The molecule has 33 heavy (non-hydrogen) atoms. The summed E-state index contributed by atoms with van der Waals surface area (Å²) in [6, 6.07) is 20.8. The van der Waals surface area contributed by atoms with Gasteiger partial charge in [0, 0.05) is 35.3 Å². The van der Waals surface area contributed by atoms with E-state index in [1.54, 1.807) is 23.6 Å². The Labute approximate surface area is 193 Å². The van der Waals surface area contributed by atoms with Crippen molar-refractivity contribution < 1.29 is 4.79 Å². The van der Waals surface area contributed by atoms with Crippen molar-refractivity contribution in [3.05, 3.63) is 94.5 Å². The molecule has 0 saturated carbocycles. The molecule has 0 radical (unpaired) electrons. The smallest absolute Gasteiger partial charge is 0.266 e. The number of amides is 1. The van der Waals surface area contributed by atoms with E-state index in [1.807, 2.05) is 61.5 Å². The Kier molecular flexibility index (Phi) is 5.58. The first-order valence-corrected chi connectivity index (χ1v) is 11.4. The maximum atomic E-state index is 12.6. The maximum Gasteiger partial charge on any atom is 0.266 e. The third-order valence-corrected chi connectivity index (χ3v) is 6.59. The Morgan fingerprint density at radius 2 is 1.85 bits per heavy atom. The number of hydrogen-bond acceptors (Lipinski definition) is 5. The molecule has 8 heteroatoms. The predicted molar refractivity (Wildman–Crippen MR) is 130 cm³/mol. The van der Waals surface area contributed by atoms with Gasteiger partial charge in [-0.05, 0) is 19.1 Å². The van der Waals surface area contributed by atoms with Gasteiger partial charge in [-0.1, -0.05) is 48.5 Å². The second-order valence-electron chi connectivity index (χ2n) is 7.58. The monoisotopic (exact) mass is 455 g/mol. The number of carbonyl (C=O) groups is 1. The Morgan fingerprint density at radius 3 is 2.70 bits per heavy atom. The minimum absolute atomic E-state index is 0.192. The lowest BCUT2D eigenvalue weighted by molar-refractivity contribution is 0.0953. The van der Waals surface area contributed by atoms with Gasteiger partial charge < -0.3 is 10.3 Å². The van der Waals surface area contributed by atoms with Crippen LogP contribution in [-0.4, -0.2) is 32.2 Å². The van der Waals surface area contributed by atoms with E-state index < -0.39 is 0 Å². The quantitative estimate of drug-likeness (QED) is 0.400. The Hall–Kier alpha value is -4.04. The van der Waals surface area contributed by atoms with Gasteiger partial charge >= 0.3 is 0 Å². The summed E-state index contributed by atoms with van der Waals surface area (Å²) in [4.78, 5) is 33.7. The van der Waals surface area contributed by atoms with E-state index in [0.29, 0.717) is 11.3 Å². The third kappa shape index (κ3) is 4.20. The number of aromatic nitrogens is 4. The standard InChI is InChI=1S/C25H21N5O2S/c1-16-23(33-25(28-16)17-7-3-2-4-8-17)21-11-12-22(31)30(29-21)14-13-26-24(32)19-15-27-20-10-6-5-9-18(19)20/h2-12,15,27H,13-14H2,1H3,(H,26,32). The lowest BCUT2D eigenvalue weighted by Gasteiger charge is -2.08. The zero-order valence-corrected chi connectivity index (χ0v) is 18.7. The maximum absolute atomic E-state index is 12.6. The molecule has 0 atom stereocenters. The fraction of sp³-hybridized carbons (Fsp3) is 0.120. The number of aryl methyl sites for hydroxylation is 1. The summed E-state index contributed by atoms with van der Waals surface area (Å²) in [5, 5.41) is 9.19. The molecular formula is C25H21N5O2S.